The highest BCUT2D eigenvalue weighted by atomic mass is 16.1. The van der Waals surface area contributed by atoms with Gasteiger partial charge in [0.2, 0.25) is 0 Å². The number of rotatable bonds is 5. The number of carbonyl (C=O) groups excluding carboxylic acids is 1. The van der Waals surface area contributed by atoms with E-state index >= 15 is 0 Å². The molecule has 21 heavy (non-hydrogen) atoms. The molecule has 1 aromatic rings. The van der Waals surface area contributed by atoms with Gasteiger partial charge in [-0.25, -0.2) is 4.98 Å². The van der Waals surface area contributed by atoms with Gasteiger partial charge in [0, 0.05) is 23.3 Å². The maximum absolute atomic E-state index is 12.6. The average Bonchev–Trinajstić information content (AvgIpc) is 2.85. The van der Waals surface area contributed by atoms with Crippen LogP contribution in [0.5, 0.6) is 0 Å². The molecular formula is C17H27N3O. The number of carbonyl (C=O) groups is 1. The highest BCUT2D eigenvalue weighted by molar-refractivity contribution is 5.95. The van der Waals surface area contributed by atoms with Crippen molar-refractivity contribution in [2.75, 3.05) is 11.9 Å². The van der Waals surface area contributed by atoms with Gasteiger partial charge < -0.3 is 10.6 Å². The van der Waals surface area contributed by atoms with E-state index in [9.17, 15) is 4.79 Å². The lowest BCUT2D eigenvalue weighted by molar-refractivity contribution is 0.0908. The van der Waals surface area contributed by atoms with E-state index in [1.807, 2.05) is 19.1 Å². The maximum Gasteiger partial charge on any atom is 0.251 e. The minimum absolute atomic E-state index is 0.0165. The largest absolute Gasteiger partial charge is 0.370 e. The Kier molecular flexibility index (Phi) is 4.86. The Morgan fingerprint density at radius 1 is 1.33 bits per heavy atom. The predicted octanol–water partition coefficient (Wildman–Crippen LogP) is 3.70. The summed E-state index contributed by atoms with van der Waals surface area (Å²) in [5.41, 5.74) is 1.62. The number of amides is 1. The zero-order valence-corrected chi connectivity index (χ0v) is 13.6. The van der Waals surface area contributed by atoms with Crippen LogP contribution in [-0.4, -0.2) is 23.0 Å². The van der Waals surface area contributed by atoms with Crippen LogP contribution in [0.3, 0.4) is 0 Å². The Hall–Kier alpha value is -1.58. The van der Waals surface area contributed by atoms with Crippen LogP contribution in [0.15, 0.2) is 12.1 Å². The summed E-state index contributed by atoms with van der Waals surface area (Å²) in [6, 6.07) is 3.77. The molecule has 1 aliphatic carbocycles. The topological polar surface area (TPSA) is 54.0 Å². The lowest BCUT2D eigenvalue weighted by Gasteiger charge is -2.25. The molecule has 0 aliphatic heterocycles. The molecule has 1 saturated carbocycles. The van der Waals surface area contributed by atoms with E-state index in [1.165, 1.54) is 12.8 Å². The second-order valence-corrected chi connectivity index (χ2v) is 6.57. The minimum Gasteiger partial charge on any atom is -0.370 e. The molecule has 2 rings (SSSR count). The molecule has 0 spiro atoms. The van der Waals surface area contributed by atoms with Crippen molar-refractivity contribution in [2.45, 2.75) is 64.8 Å². The van der Waals surface area contributed by atoms with Gasteiger partial charge >= 0.3 is 0 Å². The third kappa shape index (κ3) is 3.96. The molecule has 1 amide bonds. The van der Waals surface area contributed by atoms with Crippen molar-refractivity contribution in [1.29, 1.82) is 0 Å². The number of hydrogen-bond acceptors (Lipinski definition) is 3. The van der Waals surface area contributed by atoms with Crippen molar-refractivity contribution in [3.8, 4) is 0 Å². The number of hydrogen-bond donors (Lipinski definition) is 2. The van der Waals surface area contributed by atoms with E-state index in [0.717, 1.165) is 30.9 Å². The van der Waals surface area contributed by atoms with E-state index < -0.39 is 0 Å². The molecule has 1 heterocycles. The number of anilines is 1. The molecule has 4 nitrogen and oxygen atoms in total. The Morgan fingerprint density at radius 3 is 2.57 bits per heavy atom. The van der Waals surface area contributed by atoms with Gasteiger partial charge in [0.1, 0.15) is 5.82 Å². The molecule has 1 aromatic heterocycles. The first-order valence-corrected chi connectivity index (χ1v) is 8.02. The number of pyridine rings is 1. The van der Waals surface area contributed by atoms with Crippen LogP contribution in [0.2, 0.25) is 0 Å². The molecule has 1 aliphatic rings. The maximum atomic E-state index is 12.6. The predicted molar refractivity (Wildman–Crippen MR) is 86.8 cm³/mol. The van der Waals surface area contributed by atoms with Gasteiger partial charge in [-0.05, 0) is 44.7 Å². The standard InChI is InChI=1S/C17H27N3O/c1-5-18-15-11-13(10-14(19-15)12(2)3)16(21)20-17(4)8-6-7-9-17/h10-12H,5-9H2,1-4H3,(H,18,19)(H,20,21). The molecule has 0 bridgehead atoms. The lowest BCUT2D eigenvalue weighted by Crippen LogP contribution is -2.43. The zero-order valence-electron chi connectivity index (χ0n) is 13.6. The van der Waals surface area contributed by atoms with Crippen LogP contribution < -0.4 is 10.6 Å². The first kappa shape index (κ1) is 15.8. The fourth-order valence-corrected chi connectivity index (χ4v) is 2.88. The first-order valence-electron chi connectivity index (χ1n) is 8.02. The van der Waals surface area contributed by atoms with Crippen molar-refractivity contribution < 1.29 is 4.79 Å². The van der Waals surface area contributed by atoms with Crippen LogP contribution in [-0.2, 0) is 0 Å². The molecule has 0 unspecified atom stereocenters. The van der Waals surface area contributed by atoms with E-state index in [0.29, 0.717) is 11.5 Å². The Balaban J connectivity index is 2.22. The van der Waals surface area contributed by atoms with Crippen molar-refractivity contribution >= 4 is 11.7 Å². The number of nitrogens with zero attached hydrogens (tertiary/aromatic N) is 1. The summed E-state index contributed by atoms with van der Waals surface area (Å²) in [5.74, 6) is 1.10. The van der Waals surface area contributed by atoms with Crippen LogP contribution in [0.25, 0.3) is 0 Å². The summed E-state index contributed by atoms with van der Waals surface area (Å²) in [6.45, 7) is 9.17. The third-order valence-corrected chi connectivity index (χ3v) is 4.18. The van der Waals surface area contributed by atoms with Crippen molar-refractivity contribution in [3.63, 3.8) is 0 Å². The van der Waals surface area contributed by atoms with Gasteiger partial charge in [-0.1, -0.05) is 26.7 Å². The number of nitrogens with one attached hydrogen (secondary N) is 2. The van der Waals surface area contributed by atoms with E-state index in [4.69, 9.17) is 0 Å². The minimum atomic E-state index is -0.0449. The van der Waals surface area contributed by atoms with Crippen molar-refractivity contribution in [2.24, 2.45) is 0 Å². The molecule has 2 N–H and O–H groups in total. The van der Waals surface area contributed by atoms with Crippen LogP contribution in [0.1, 0.15) is 75.3 Å². The lowest BCUT2D eigenvalue weighted by atomic mass is 9.99. The smallest absolute Gasteiger partial charge is 0.251 e. The summed E-state index contributed by atoms with van der Waals surface area (Å²) >= 11 is 0. The van der Waals surface area contributed by atoms with Gasteiger partial charge in [0.05, 0.1) is 0 Å². The van der Waals surface area contributed by atoms with E-state index in [1.54, 1.807) is 0 Å². The molecule has 0 saturated heterocycles. The Bertz CT molecular complexity index is 505. The summed E-state index contributed by atoms with van der Waals surface area (Å²) in [4.78, 5) is 17.1. The fraction of sp³-hybridized carbons (Fsp3) is 0.647. The van der Waals surface area contributed by atoms with Crippen LogP contribution in [0.4, 0.5) is 5.82 Å². The normalized spacial score (nSPS) is 17.0. The quantitative estimate of drug-likeness (QED) is 0.869. The molecular weight excluding hydrogens is 262 g/mol. The summed E-state index contributed by atoms with van der Waals surface area (Å²) in [5, 5.41) is 6.42. The Labute approximate surface area is 127 Å². The first-order chi connectivity index (χ1) is 9.93. The number of aromatic nitrogens is 1. The van der Waals surface area contributed by atoms with Gasteiger partial charge in [-0.3, -0.25) is 4.79 Å². The van der Waals surface area contributed by atoms with Crippen molar-refractivity contribution in [1.82, 2.24) is 10.3 Å². The van der Waals surface area contributed by atoms with Crippen LogP contribution >= 0.6 is 0 Å². The molecule has 0 radical (unpaired) electrons. The van der Waals surface area contributed by atoms with Gasteiger partial charge in [0.25, 0.3) is 5.91 Å². The summed E-state index contributed by atoms with van der Waals surface area (Å²) in [7, 11) is 0. The Morgan fingerprint density at radius 2 is 2.00 bits per heavy atom. The highest BCUT2D eigenvalue weighted by Crippen LogP contribution is 2.29. The summed E-state index contributed by atoms with van der Waals surface area (Å²) < 4.78 is 0. The molecule has 116 valence electrons. The van der Waals surface area contributed by atoms with Gasteiger partial charge in [-0.15, -0.1) is 0 Å². The summed E-state index contributed by atoms with van der Waals surface area (Å²) in [6.07, 6.45) is 4.54. The second kappa shape index (κ2) is 6.46. The second-order valence-electron chi connectivity index (χ2n) is 6.57. The monoisotopic (exact) mass is 289 g/mol. The molecule has 4 heteroatoms. The molecule has 1 fully saturated rings. The highest BCUT2D eigenvalue weighted by Gasteiger charge is 2.30. The fourth-order valence-electron chi connectivity index (χ4n) is 2.88. The molecule has 0 atom stereocenters. The average molecular weight is 289 g/mol. The van der Waals surface area contributed by atoms with E-state index in [-0.39, 0.29) is 11.4 Å². The van der Waals surface area contributed by atoms with Gasteiger partial charge in [-0.2, -0.15) is 0 Å². The van der Waals surface area contributed by atoms with Crippen molar-refractivity contribution in [3.05, 3.63) is 23.4 Å². The molecule has 0 aromatic carbocycles. The SMILES string of the molecule is CCNc1cc(C(=O)NC2(C)CCCC2)cc(C(C)C)n1. The van der Waals surface area contributed by atoms with Gasteiger partial charge in [0.15, 0.2) is 0 Å². The zero-order chi connectivity index (χ0) is 15.5. The third-order valence-electron chi connectivity index (χ3n) is 4.18. The van der Waals surface area contributed by atoms with E-state index in [2.05, 4.69) is 36.4 Å². The van der Waals surface area contributed by atoms with Crippen LogP contribution in [0, 0.1) is 0 Å².